The Hall–Kier alpha value is -3.33. The maximum Gasteiger partial charge on any atom is 0.259 e. The number of ether oxygens (including phenoxy) is 1. The number of benzene rings is 3. The summed E-state index contributed by atoms with van der Waals surface area (Å²) in [5.74, 6) is 0.791. The molecular weight excluding hydrogens is 334 g/mol. The van der Waals surface area contributed by atoms with E-state index in [0.29, 0.717) is 6.54 Å². The number of fused-ring (bicyclic) bond motifs is 1. The second-order valence-corrected chi connectivity index (χ2v) is 6.73. The molecule has 4 aromatic rings. The summed E-state index contributed by atoms with van der Waals surface area (Å²) in [6, 6.07) is 26.0. The Balaban J connectivity index is 1.91. The summed E-state index contributed by atoms with van der Waals surface area (Å²) in [6.45, 7) is 2.54. The van der Waals surface area contributed by atoms with Crippen LogP contribution in [0.2, 0.25) is 0 Å². The topological polar surface area (TPSA) is 31.2 Å². The highest BCUT2D eigenvalue weighted by molar-refractivity contribution is 5.84. The van der Waals surface area contributed by atoms with Gasteiger partial charge in [0.05, 0.1) is 19.2 Å². The van der Waals surface area contributed by atoms with Gasteiger partial charge in [0.25, 0.3) is 5.56 Å². The fraction of sp³-hybridized carbons (Fsp3) is 0.125. The van der Waals surface area contributed by atoms with Crippen molar-refractivity contribution in [2.45, 2.75) is 13.5 Å². The van der Waals surface area contributed by atoms with Crippen molar-refractivity contribution in [1.29, 1.82) is 0 Å². The molecular formula is C24H21NO2. The molecule has 0 radical (unpaired) electrons. The van der Waals surface area contributed by atoms with Crippen LogP contribution in [0.25, 0.3) is 22.0 Å². The lowest BCUT2D eigenvalue weighted by Crippen LogP contribution is -2.22. The van der Waals surface area contributed by atoms with Crippen LogP contribution in [0, 0.1) is 6.92 Å². The smallest absolute Gasteiger partial charge is 0.259 e. The second-order valence-electron chi connectivity index (χ2n) is 6.73. The Morgan fingerprint density at radius 3 is 2.44 bits per heavy atom. The number of hydrogen-bond donors (Lipinski definition) is 0. The van der Waals surface area contributed by atoms with Crippen molar-refractivity contribution in [3.8, 4) is 16.9 Å². The van der Waals surface area contributed by atoms with Gasteiger partial charge < -0.3 is 9.30 Å². The molecule has 134 valence electrons. The van der Waals surface area contributed by atoms with Crippen molar-refractivity contribution < 1.29 is 4.74 Å². The molecule has 0 N–H and O–H groups in total. The van der Waals surface area contributed by atoms with Gasteiger partial charge in [-0.1, -0.05) is 60.2 Å². The molecule has 1 heterocycles. The van der Waals surface area contributed by atoms with Crippen molar-refractivity contribution >= 4 is 10.9 Å². The van der Waals surface area contributed by atoms with Crippen LogP contribution in [0.4, 0.5) is 0 Å². The van der Waals surface area contributed by atoms with Crippen molar-refractivity contribution in [1.82, 2.24) is 4.57 Å². The van der Waals surface area contributed by atoms with E-state index in [-0.39, 0.29) is 5.56 Å². The maximum atomic E-state index is 13.4. The van der Waals surface area contributed by atoms with Crippen LogP contribution >= 0.6 is 0 Å². The third kappa shape index (κ3) is 3.36. The lowest BCUT2D eigenvalue weighted by molar-refractivity contribution is 0.414. The van der Waals surface area contributed by atoms with Crippen molar-refractivity contribution in [2.75, 3.05) is 7.11 Å². The third-order valence-electron chi connectivity index (χ3n) is 4.84. The first-order valence-electron chi connectivity index (χ1n) is 8.98. The molecule has 0 spiro atoms. The predicted molar refractivity (Wildman–Crippen MR) is 110 cm³/mol. The molecule has 0 atom stereocenters. The Morgan fingerprint density at radius 1 is 0.889 bits per heavy atom. The molecule has 0 bridgehead atoms. The number of hydrogen-bond acceptors (Lipinski definition) is 2. The number of aromatic nitrogens is 1. The highest BCUT2D eigenvalue weighted by atomic mass is 16.5. The molecule has 0 aliphatic rings. The largest absolute Gasteiger partial charge is 0.497 e. The molecule has 0 unspecified atom stereocenters. The van der Waals surface area contributed by atoms with Gasteiger partial charge in [-0.15, -0.1) is 0 Å². The molecule has 3 nitrogen and oxygen atoms in total. The van der Waals surface area contributed by atoms with Crippen LogP contribution in [0.15, 0.2) is 83.7 Å². The first kappa shape index (κ1) is 17.1. The van der Waals surface area contributed by atoms with E-state index >= 15 is 0 Å². The summed E-state index contributed by atoms with van der Waals surface area (Å²) in [6.07, 6.45) is 0. The van der Waals surface area contributed by atoms with Crippen molar-refractivity contribution in [3.63, 3.8) is 0 Å². The van der Waals surface area contributed by atoms with E-state index in [1.807, 2.05) is 84.3 Å². The van der Waals surface area contributed by atoms with Crippen LogP contribution in [-0.2, 0) is 6.54 Å². The monoisotopic (exact) mass is 355 g/mol. The van der Waals surface area contributed by atoms with Crippen LogP contribution < -0.4 is 10.3 Å². The number of para-hydroxylation sites is 1. The lowest BCUT2D eigenvalue weighted by Gasteiger charge is -2.14. The van der Waals surface area contributed by atoms with Crippen molar-refractivity contribution in [3.05, 3.63) is 100 Å². The van der Waals surface area contributed by atoms with Gasteiger partial charge in [0.15, 0.2) is 0 Å². The molecule has 0 aliphatic heterocycles. The molecule has 3 heteroatoms. The molecule has 0 aliphatic carbocycles. The summed E-state index contributed by atoms with van der Waals surface area (Å²) in [5, 5.41) is 1.05. The van der Waals surface area contributed by atoms with E-state index in [0.717, 1.165) is 33.3 Å². The maximum absolute atomic E-state index is 13.4. The summed E-state index contributed by atoms with van der Waals surface area (Å²) < 4.78 is 7.17. The standard InChI is InChI=1S/C24H21NO2/c1-17-10-12-19(13-11-17)22-15-20-7-3-4-9-23(20)25(24(22)26)16-18-6-5-8-21(14-18)27-2/h3-15H,16H2,1-2H3. The Kier molecular flexibility index (Phi) is 4.51. The number of methoxy groups -OCH3 is 1. The molecule has 0 saturated heterocycles. The molecule has 3 aromatic carbocycles. The zero-order chi connectivity index (χ0) is 18.8. The minimum atomic E-state index is 0.0142. The highest BCUT2D eigenvalue weighted by Gasteiger charge is 2.11. The predicted octanol–water partition coefficient (Wildman–Crippen LogP) is 5.03. The average Bonchev–Trinajstić information content (AvgIpc) is 2.71. The van der Waals surface area contributed by atoms with Crippen LogP contribution in [0.5, 0.6) is 5.75 Å². The fourth-order valence-electron chi connectivity index (χ4n) is 3.38. The van der Waals surface area contributed by atoms with E-state index in [4.69, 9.17) is 4.74 Å². The van der Waals surface area contributed by atoms with Crippen molar-refractivity contribution in [2.24, 2.45) is 0 Å². The molecule has 1 aromatic heterocycles. The number of pyridine rings is 1. The highest BCUT2D eigenvalue weighted by Crippen LogP contribution is 2.23. The minimum Gasteiger partial charge on any atom is -0.497 e. The molecule has 0 amide bonds. The second kappa shape index (κ2) is 7.12. The quantitative estimate of drug-likeness (QED) is 0.514. The molecule has 4 rings (SSSR count). The van der Waals surface area contributed by atoms with E-state index in [2.05, 4.69) is 6.07 Å². The molecule has 27 heavy (non-hydrogen) atoms. The van der Waals surface area contributed by atoms with Gasteiger partial charge in [0.1, 0.15) is 5.75 Å². The molecule has 0 saturated carbocycles. The lowest BCUT2D eigenvalue weighted by atomic mass is 10.0. The first-order valence-corrected chi connectivity index (χ1v) is 8.98. The first-order chi connectivity index (χ1) is 13.2. The van der Waals surface area contributed by atoms with Crippen LogP contribution in [-0.4, -0.2) is 11.7 Å². The zero-order valence-corrected chi connectivity index (χ0v) is 15.5. The normalized spacial score (nSPS) is 10.9. The Labute approximate surface area is 158 Å². The number of aryl methyl sites for hydroxylation is 1. The summed E-state index contributed by atoms with van der Waals surface area (Å²) in [7, 11) is 1.65. The summed E-state index contributed by atoms with van der Waals surface area (Å²) >= 11 is 0. The van der Waals surface area contributed by atoms with Gasteiger partial charge in [-0.25, -0.2) is 0 Å². The van der Waals surface area contributed by atoms with Gasteiger partial charge in [-0.2, -0.15) is 0 Å². The van der Waals surface area contributed by atoms with Gasteiger partial charge in [0.2, 0.25) is 0 Å². The van der Waals surface area contributed by atoms with E-state index in [9.17, 15) is 4.79 Å². The van der Waals surface area contributed by atoms with Gasteiger partial charge in [0, 0.05) is 5.56 Å². The fourth-order valence-corrected chi connectivity index (χ4v) is 3.38. The number of nitrogens with zero attached hydrogens (tertiary/aromatic N) is 1. The minimum absolute atomic E-state index is 0.0142. The Bertz CT molecular complexity index is 1160. The van der Waals surface area contributed by atoms with Gasteiger partial charge in [-0.3, -0.25) is 4.79 Å². The van der Waals surface area contributed by atoms with E-state index < -0.39 is 0 Å². The number of rotatable bonds is 4. The van der Waals surface area contributed by atoms with Gasteiger partial charge in [-0.05, 0) is 47.7 Å². The van der Waals surface area contributed by atoms with E-state index in [1.54, 1.807) is 7.11 Å². The SMILES string of the molecule is COc1cccc(Cn2c(=O)c(-c3ccc(C)cc3)cc3ccccc32)c1. The van der Waals surface area contributed by atoms with E-state index in [1.165, 1.54) is 5.56 Å². The van der Waals surface area contributed by atoms with Crippen LogP contribution in [0.1, 0.15) is 11.1 Å². The third-order valence-corrected chi connectivity index (χ3v) is 4.84. The van der Waals surface area contributed by atoms with Gasteiger partial charge >= 0.3 is 0 Å². The Morgan fingerprint density at radius 2 is 1.67 bits per heavy atom. The molecule has 0 fully saturated rings. The zero-order valence-electron chi connectivity index (χ0n) is 15.5. The summed E-state index contributed by atoms with van der Waals surface area (Å²) in [4.78, 5) is 13.4. The average molecular weight is 355 g/mol. The van der Waals surface area contributed by atoms with Crippen LogP contribution in [0.3, 0.4) is 0 Å². The summed E-state index contributed by atoms with van der Waals surface area (Å²) in [5.41, 5.74) is 4.81.